The summed E-state index contributed by atoms with van der Waals surface area (Å²) in [5, 5.41) is 0. The molecule has 2 aromatic rings. The Hall–Kier alpha value is -2.68. The highest BCUT2D eigenvalue weighted by Gasteiger charge is 2.36. The molecule has 1 aromatic heterocycles. The first-order chi connectivity index (χ1) is 13.1. The van der Waals surface area contributed by atoms with Crippen molar-refractivity contribution in [3.8, 4) is 5.69 Å². The molecule has 2 atom stereocenters. The number of carbonyl (C=O) groups is 1. The van der Waals surface area contributed by atoms with Crippen LogP contribution < -0.4 is 10.5 Å². The summed E-state index contributed by atoms with van der Waals surface area (Å²) in [6, 6.07) is 6.61. The molecule has 9 heteroatoms. The van der Waals surface area contributed by atoms with Crippen LogP contribution >= 0.6 is 0 Å². The number of benzene rings is 1. The van der Waals surface area contributed by atoms with Crippen molar-refractivity contribution in [1.82, 2.24) is 9.47 Å². The summed E-state index contributed by atoms with van der Waals surface area (Å²) in [5.74, 6) is 0. The minimum atomic E-state index is -4.82. The number of para-hydroxylation sites is 2. The van der Waals surface area contributed by atoms with Crippen molar-refractivity contribution in [2.75, 3.05) is 32.1 Å². The standard InChI is InChI=1S/C19H19F4N3O2/c1-24(2)17-10-25(9-14(17)20)15-5-3-4-6-16(15)26-8-12(11-27)13(7-18(26)28)19(21,22)23/h3-8,11,14,17H,9-10H2,1-2H3/t14-,17-/m1/s1. The van der Waals surface area contributed by atoms with E-state index >= 15 is 0 Å². The van der Waals surface area contributed by atoms with E-state index in [1.165, 1.54) is 0 Å². The molecule has 0 aliphatic carbocycles. The lowest BCUT2D eigenvalue weighted by atomic mass is 10.1. The second kappa shape index (κ2) is 7.38. The van der Waals surface area contributed by atoms with Crippen LogP contribution in [0.1, 0.15) is 15.9 Å². The summed E-state index contributed by atoms with van der Waals surface area (Å²) in [6.45, 7) is 0.455. The zero-order chi connectivity index (χ0) is 20.6. The second-order valence-corrected chi connectivity index (χ2v) is 6.91. The van der Waals surface area contributed by atoms with E-state index in [1.54, 1.807) is 48.2 Å². The van der Waals surface area contributed by atoms with Gasteiger partial charge in [-0.15, -0.1) is 0 Å². The third kappa shape index (κ3) is 3.66. The van der Waals surface area contributed by atoms with Crippen LogP contribution in [0.25, 0.3) is 5.69 Å². The molecule has 150 valence electrons. The summed E-state index contributed by atoms with van der Waals surface area (Å²) in [5.41, 5.74) is -2.05. The summed E-state index contributed by atoms with van der Waals surface area (Å²) in [4.78, 5) is 27.1. The van der Waals surface area contributed by atoms with Gasteiger partial charge >= 0.3 is 6.18 Å². The van der Waals surface area contributed by atoms with Gasteiger partial charge in [-0.3, -0.25) is 14.2 Å². The van der Waals surface area contributed by atoms with Crippen LogP contribution in [0.4, 0.5) is 23.2 Å². The van der Waals surface area contributed by atoms with Gasteiger partial charge in [0.2, 0.25) is 0 Å². The molecule has 0 N–H and O–H groups in total. The Morgan fingerprint density at radius 2 is 1.79 bits per heavy atom. The Morgan fingerprint density at radius 1 is 1.14 bits per heavy atom. The highest BCUT2D eigenvalue weighted by atomic mass is 19.4. The number of rotatable bonds is 4. The predicted octanol–water partition coefficient (Wildman–Crippen LogP) is 2.76. The lowest BCUT2D eigenvalue weighted by Gasteiger charge is -2.24. The average Bonchev–Trinajstić information content (AvgIpc) is 3.02. The maximum atomic E-state index is 14.4. The van der Waals surface area contributed by atoms with E-state index in [9.17, 15) is 27.2 Å². The van der Waals surface area contributed by atoms with Crippen molar-refractivity contribution < 1.29 is 22.4 Å². The number of hydrogen-bond donors (Lipinski definition) is 0. The molecule has 1 aliphatic rings. The molecule has 1 aromatic carbocycles. The van der Waals surface area contributed by atoms with Gasteiger partial charge in [0.15, 0.2) is 6.29 Å². The van der Waals surface area contributed by atoms with Crippen LogP contribution in [0.3, 0.4) is 0 Å². The van der Waals surface area contributed by atoms with E-state index < -0.39 is 29.0 Å². The van der Waals surface area contributed by atoms with Crippen molar-refractivity contribution in [2.45, 2.75) is 18.4 Å². The van der Waals surface area contributed by atoms with Gasteiger partial charge < -0.3 is 9.80 Å². The molecule has 0 amide bonds. The zero-order valence-electron chi connectivity index (χ0n) is 15.3. The van der Waals surface area contributed by atoms with Gasteiger partial charge in [0.25, 0.3) is 5.56 Å². The molecule has 3 rings (SSSR count). The molecule has 1 saturated heterocycles. The molecule has 0 unspecified atom stereocenters. The smallest absolute Gasteiger partial charge is 0.365 e. The summed E-state index contributed by atoms with van der Waals surface area (Å²) < 4.78 is 54.6. The lowest BCUT2D eigenvalue weighted by Crippen LogP contribution is -2.36. The maximum absolute atomic E-state index is 14.4. The minimum Gasteiger partial charge on any atom is -0.365 e. The third-order valence-electron chi connectivity index (χ3n) is 4.88. The molecule has 28 heavy (non-hydrogen) atoms. The van der Waals surface area contributed by atoms with Crippen LogP contribution in [-0.2, 0) is 6.18 Å². The van der Waals surface area contributed by atoms with Crippen LogP contribution in [0.2, 0.25) is 0 Å². The van der Waals surface area contributed by atoms with Gasteiger partial charge in [-0.2, -0.15) is 13.2 Å². The van der Waals surface area contributed by atoms with Gasteiger partial charge in [-0.1, -0.05) is 12.1 Å². The maximum Gasteiger partial charge on any atom is 0.417 e. The van der Waals surface area contributed by atoms with Gasteiger partial charge in [0.05, 0.1) is 29.5 Å². The topological polar surface area (TPSA) is 45.5 Å². The highest BCUT2D eigenvalue weighted by molar-refractivity contribution is 5.77. The van der Waals surface area contributed by atoms with Crippen LogP contribution in [0, 0.1) is 0 Å². The summed E-state index contributed by atoms with van der Waals surface area (Å²) in [7, 11) is 3.53. The van der Waals surface area contributed by atoms with Crippen molar-refractivity contribution in [3.63, 3.8) is 0 Å². The molecule has 0 saturated carbocycles. The number of halogens is 4. The van der Waals surface area contributed by atoms with Crippen LogP contribution in [0.5, 0.6) is 0 Å². The fourth-order valence-electron chi connectivity index (χ4n) is 3.44. The molecule has 1 fully saturated rings. The van der Waals surface area contributed by atoms with E-state index in [0.717, 1.165) is 10.8 Å². The highest BCUT2D eigenvalue weighted by Crippen LogP contribution is 2.32. The Morgan fingerprint density at radius 3 is 2.32 bits per heavy atom. The lowest BCUT2D eigenvalue weighted by molar-refractivity contribution is -0.138. The van der Waals surface area contributed by atoms with E-state index in [0.29, 0.717) is 18.3 Å². The molecule has 0 bridgehead atoms. The normalized spacial score (nSPS) is 20.0. The third-order valence-corrected chi connectivity index (χ3v) is 4.88. The Bertz CT molecular complexity index is 940. The molecule has 1 aliphatic heterocycles. The molecular weight excluding hydrogens is 378 g/mol. The number of nitrogens with zero attached hydrogens (tertiary/aromatic N) is 3. The first-order valence-electron chi connectivity index (χ1n) is 8.57. The van der Waals surface area contributed by atoms with Gasteiger partial charge in [-0.05, 0) is 26.2 Å². The number of anilines is 1. The SMILES string of the molecule is CN(C)[C@@H]1CN(c2ccccc2-n2cc(C=O)c(C(F)(F)F)cc2=O)C[C@H]1F. The summed E-state index contributed by atoms with van der Waals surface area (Å²) in [6.07, 6.45) is -4.98. The minimum absolute atomic E-state index is 0.0664. The molecule has 5 nitrogen and oxygen atoms in total. The number of alkyl halides is 4. The Labute approximate surface area is 158 Å². The number of aromatic nitrogens is 1. The Balaban J connectivity index is 2.10. The number of likely N-dealkylation sites (N-methyl/N-ethyl adjacent to an activating group) is 1. The number of aldehydes is 1. The fourth-order valence-corrected chi connectivity index (χ4v) is 3.44. The Kier molecular flexibility index (Phi) is 5.29. The van der Waals surface area contributed by atoms with Crippen molar-refractivity contribution >= 4 is 12.0 Å². The first-order valence-corrected chi connectivity index (χ1v) is 8.57. The molecular formula is C19H19F4N3O2. The molecule has 0 radical (unpaired) electrons. The number of hydrogen-bond acceptors (Lipinski definition) is 4. The van der Waals surface area contributed by atoms with Crippen molar-refractivity contribution in [2.24, 2.45) is 0 Å². The number of carbonyl (C=O) groups excluding carboxylic acids is 1. The van der Waals surface area contributed by atoms with Gasteiger partial charge in [0, 0.05) is 24.4 Å². The van der Waals surface area contributed by atoms with Gasteiger partial charge in [-0.25, -0.2) is 4.39 Å². The summed E-state index contributed by atoms with van der Waals surface area (Å²) >= 11 is 0. The monoisotopic (exact) mass is 397 g/mol. The van der Waals surface area contributed by atoms with Crippen LogP contribution in [0.15, 0.2) is 41.3 Å². The van der Waals surface area contributed by atoms with E-state index in [2.05, 4.69) is 0 Å². The fraction of sp³-hybridized carbons (Fsp3) is 0.368. The van der Waals surface area contributed by atoms with Crippen molar-refractivity contribution in [1.29, 1.82) is 0 Å². The van der Waals surface area contributed by atoms with Crippen molar-refractivity contribution in [3.05, 3.63) is 58.0 Å². The molecule has 0 spiro atoms. The van der Waals surface area contributed by atoms with E-state index in [1.807, 2.05) is 0 Å². The van der Waals surface area contributed by atoms with E-state index in [4.69, 9.17) is 0 Å². The second-order valence-electron chi connectivity index (χ2n) is 6.91. The number of pyridine rings is 1. The largest absolute Gasteiger partial charge is 0.417 e. The quantitative estimate of drug-likeness (QED) is 0.588. The molecule has 2 heterocycles. The zero-order valence-corrected chi connectivity index (χ0v) is 15.3. The van der Waals surface area contributed by atoms with Crippen LogP contribution in [-0.4, -0.2) is 55.2 Å². The van der Waals surface area contributed by atoms with Gasteiger partial charge in [0.1, 0.15) is 6.17 Å². The average molecular weight is 397 g/mol. The van der Waals surface area contributed by atoms with E-state index in [-0.39, 0.29) is 24.6 Å². The first kappa shape index (κ1) is 20.1. The predicted molar refractivity (Wildman–Crippen MR) is 97.0 cm³/mol.